The molecule has 2 amide bonds. The van der Waals surface area contributed by atoms with Crippen molar-refractivity contribution in [3.8, 4) is 5.75 Å². The zero-order valence-electron chi connectivity index (χ0n) is 23.8. The molecule has 0 aromatic heterocycles. The van der Waals surface area contributed by atoms with Gasteiger partial charge in [-0.05, 0) is 45.2 Å². The number of aliphatic imine (C=N–C) groups is 1. The van der Waals surface area contributed by atoms with Gasteiger partial charge in [-0.1, -0.05) is 96.1 Å². The van der Waals surface area contributed by atoms with Crippen molar-refractivity contribution in [2.24, 2.45) is 10.9 Å². The van der Waals surface area contributed by atoms with Crippen LogP contribution in [-0.4, -0.2) is 30.9 Å². The third-order valence-corrected chi connectivity index (χ3v) is 7.20. The number of hydrogen-bond donors (Lipinski definition) is 1. The summed E-state index contributed by atoms with van der Waals surface area (Å²) in [6.07, 6.45) is 18.0. The van der Waals surface area contributed by atoms with Gasteiger partial charge in [-0.15, -0.1) is 0 Å². The maximum absolute atomic E-state index is 12.9. The standard InChI is InChI=1S/C31H50N2O4/c1-5-8-9-10-11-12-13-14-15-16-17-18-19-21-25-22-20-23-26(36-6-2)28(25)29-27(30(34)37-7-3)24(4)32-31(35)33-29/h20,22-23,27,29H,5-19,21H2,1-4H3,(H,33,35). The van der Waals surface area contributed by atoms with Gasteiger partial charge in [0.25, 0.3) is 0 Å². The van der Waals surface area contributed by atoms with Gasteiger partial charge in [0.2, 0.25) is 0 Å². The monoisotopic (exact) mass is 514 g/mol. The number of unbranched alkanes of at least 4 members (excludes halogenated alkanes) is 12. The fraction of sp³-hybridized carbons (Fsp3) is 0.710. The number of carbonyl (C=O) groups excluding carboxylic acids is 2. The van der Waals surface area contributed by atoms with Crippen molar-refractivity contribution in [3.05, 3.63) is 29.3 Å². The van der Waals surface area contributed by atoms with Crippen molar-refractivity contribution in [2.45, 2.75) is 124 Å². The van der Waals surface area contributed by atoms with E-state index in [1.165, 1.54) is 77.0 Å². The Morgan fingerprint density at radius 3 is 2.03 bits per heavy atom. The van der Waals surface area contributed by atoms with Gasteiger partial charge in [0.05, 0.1) is 19.3 Å². The fourth-order valence-electron chi connectivity index (χ4n) is 5.27. The van der Waals surface area contributed by atoms with Crippen LogP contribution in [0.1, 0.15) is 128 Å². The summed E-state index contributed by atoms with van der Waals surface area (Å²) < 4.78 is 11.3. The summed E-state index contributed by atoms with van der Waals surface area (Å²) in [5.41, 5.74) is 2.47. The van der Waals surface area contributed by atoms with Crippen LogP contribution in [0.5, 0.6) is 5.75 Å². The van der Waals surface area contributed by atoms with Crippen LogP contribution in [0.4, 0.5) is 4.79 Å². The van der Waals surface area contributed by atoms with Crippen LogP contribution in [0.25, 0.3) is 0 Å². The summed E-state index contributed by atoms with van der Waals surface area (Å²) in [4.78, 5) is 29.2. The van der Waals surface area contributed by atoms with Gasteiger partial charge < -0.3 is 14.8 Å². The smallest absolute Gasteiger partial charge is 0.341 e. The summed E-state index contributed by atoms with van der Waals surface area (Å²) in [7, 11) is 0. The Bertz CT molecular complexity index is 852. The first-order valence-corrected chi connectivity index (χ1v) is 14.8. The number of esters is 1. The number of amides is 2. The van der Waals surface area contributed by atoms with Crippen molar-refractivity contribution < 1.29 is 19.1 Å². The second kappa shape index (κ2) is 18.0. The first kappa shape index (κ1) is 30.9. The summed E-state index contributed by atoms with van der Waals surface area (Å²) >= 11 is 0. The third kappa shape index (κ3) is 10.5. The molecule has 0 saturated heterocycles. The van der Waals surface area contributed by atoms with Crippen molar-refractivity contribution in [1.82, 2.24) is 5.32 Å². The molecule has 0 spiro atoms. The third-order valence-electron chi connectivity index (χ3n) is 7.20. The fourth-order valence-corrected chi connectivity index (χ4v) is 5.27. The van der Waals surface area contributed by atoms with E-state index in [9.17, 15) is 9.59 Å². The molecule has 6 heteroatoms. The van der Waals surface area contributed by atoms with E-state index in [0.717, 1.165) is 24.0 Å². The molecule has 37 heavy (non-hydrogen) atoms. The lowest BCUT2D eigenvalue weighted by atomic mass is 9.84. The zero-order chi connectivity index (χ0) is 26.9. The lowest BCUT2D eigenvalue weighted by Gasteiger charge is -2.32. The van der Waals surface area contributed by atoms with E-state index in [2.05, 4.69) is 23.3 Å². The maximum atomic E-state index is 12.9. The highest BCUT2D eigenvalue weighted by atomic mass is 16.5. The number of carbonyl (C=O) groups is 2. The molecule has 2 rings (SSSR count). The number of aryl methyl sites for hydroxylation is 1. The highest BCUT2D eigenvalue weighted by Crippen LogP contribution is 2.37. The lowest BCUT2D eigenvalue weighted by molar-refractivity contribution is -0.146. The average molecular weight is 515 g/mol. The Hall–Kier alpha value is -2.37. The molecule has 1 aromatic carbocycles. The van der Waals surface area contributed by atoms with E-state index in [1.807, 2.05) is 19.1 Å². The van der Waals surface area contributed by atoms with E-state index in [0.29, 0.717) is 18.1 Å². The molecule has 208 valence electrons. The highest BCUT2D eigenvalue weighted by molar-refractivity contribution is 6.08. The van der Waals surface area contributed by atoms with E-state index in [4.69, 9.17) is 9.47 Å². The molecule has 6 nitrogen and oxygen atoms in total. The largest absolute Gasteiger partial charge is 0.494 e. The Kier molecular flexibility index (Phi) is 15.0. The predicted octanol–water partition coefficient (Wildman–Crippen LogP) is 8.12. The van der Waals surface area contributed by atoms with Crippen molar-refractivity contribution >= 4 is 17.7 Å². The van der Waals surface area contributed by atoms with Gasteiger partial charge in [0, 0.05) is 11.3 Å². The number of nitrogens with one attached hydrogen (secondary N) is 1. The molecule has 2 atom stereocenters. The molecule has 1 heterocycles. The Morgan fingerprint density at radius 1 is 0.865 bits per heavy atom. The van der Waals surface area contributed by atoms with Crippen LogP contribution in [0.15, 0.2) is 23.2 Å². The number of urea groups is 1. The van der Waals surface area contributed by atoms with E-state index in [-0.39, 0.29) is 12.6 Å². The predicted molar refractivity (Wildman–Crippen MR) is 152 cm³/mol. The van der Waals surface area contributed by atoms with Crippen LogP contribution < -0.4 is 10.1 Å². The summed E-state index contributed by atoms with van der Waals surface area (Å²) in [5, 5.41) is 2.93. The minimum absolute atomic E-state index is 0.280. The highest BCUT2D eigenvalue weighted by Gasteiger charge is 2.40. The minimum atomic E-state index is -0.662. The zero-order valence-corrected chi connectivity index (χ0v) is 23.8. The molecular formula is C31H50N2O4. The molecule has 0 aliphatic carbocycles. The SMILES string of the molecule is CCCCCCCCCCCCCCCc1cccc(OCC)c1C1NC(=O)N=C(C)C1C(=O)OCC. The molecular weight excluding hydrogens is 464 g/mol. The molecule has 0 radical (unpaired) electrons. The first-order chi connectivity index (χ1) is 18.0. The van der Waals surface area contributed by atoms with E-state index in [1.54, 1.807) is 13.8 Å². The molecule has 0 bridgehead atoms. The van der Waals surface area contributed by atoms with Crippen molar-refractivity contribution in [3.63, 3.8) is 0 Å². The number of nitrogens with zero attached hydrogens (tertiary/aromatic N) is 1. The van der Waals surface area contributed by atoms with E-state index < -0.39 is 18.0 Å². The summed E-state index contributed by atoms with van der Waals surface area (Å²) in [5.74, 6) is -0.319. The van der Waals surface area contributed by atoms with Crippen LogP contribution in [-0.2, 0) is 16.0 Å². The molecule has 0 fully saturated rings. The normalized spacial score (nSPS) is 17.3. The van der Waals surface area contributed by atoms with Gasteiger partial charge in [-0.25, -0.2) is 9.79 Å². The van der Waals surface area contributed by atoms with Crippen LogP contribution >= 0.6 is 0 Å². The van der Waals surface area contributed by atoms with Gasteiger partial charge >= 0.3 is 12.0 Å². The van der Waals surface area contributed by atoms with Crippen LogP contribution in [0.2, 0.25) is 0 Å². The Labute approximate surface area is 225 Å². The first-order valence-electron chi connectivity index (χ1n) is 14.8. The quantitative estimate of drug-likeness (QED) is 0.149. The number of rotatable bonds is 19. The lowest BCUT2D eigenvalue weighted by Crippen LogP contribution is -2.44. The molecule has 1 aliphatic rings. The molecule has 2 unspecified atom stereocenters. The topological polar surface area (TPSA) is 77.0 Å². The van der Waals surface area contributed by atoms with E-state index >= 15 is 0 Å². The van der Waals surface area contributed by atoms with Gasteiger partial charge in [0.1, 0.15) is 11.7 Å². The summed E-state index contributed by atoms with van der Waals surface area (Å²) in [6.45, 7) is 8.51. The second-order valence-electron chi connectivity index (χ2n) is 10.2. The Morgan fingerprint density at radius 2 is 1.46 bits per heavy atom. The number of ether oxygens (including phenoxy) is 2. The van der Waals surface area contributed by atoms with Crippen molar-refractivity contribution in [1.29, 1.82) is 0 Å². The van der Waals surface area contributed by atoms with Crippen LogP contribution in [0.3, 0.4) is 0 Å². The Balaban J connectivity index is 1.92. The minimum Gasteiger partial charge on any atom is -0.494 e. The van der Waals surface area contributed by atoms with Gasteiger partial charge in [-0.3, -0.25) is 4.79 Å². The summed E-state index contributed by atoms with van der Waals surface area (Å²) in [6, 6.07) is 5.02. The van der Waals surface area contributed by atoms with Crippen molar-refractivity contribution in [2.75, 3.05) is 13.2 Å². The van der Waals surface area contributed by atoms with Gasteiger partial charge in [-0.2, -0.15) is 0 Å². The molecule has 1 N–H and O–H groups in total. The van der Waals surface area contributed by atoms with Crippen LogP contribution in [0, 0.1) is 5.92 Å². The average Bonchev–Trinajstić information content (AvgIpc) is 2.86. The molecule has 1 aliphatic heterocycles. The number of hydrogen-bond acceptors (Lipinski definition) is 4. The maximum Gasteiger partial charge on any atom is 0.341 e. The van der Waals surface area contributed by atoms with Gasteiger partial charge in [0.15, 0.2) is 0 Å². The number of benzene rings is 1. The second-order valence-corrected chi connectivity index (χ2v) is 10.2. The molecule has 0 saturated carbocycles. The molecule has 1 aromatic rings.